The predicted molar refractivity (Wildman–Crippen MR) is 166 cm³/mol. The van der Waals surface area contributed by atoms with E-state index in [1.54, 1.807) is 30.5 Å². The molecule has 0 aliphatic heterocycles. The van der Waals surface area contributed by atoms with Crippen LogP contribution in [0.5, 0.6) is 5.75 Å². The van der Waals surface area contributed by atoms with E-state index < -0.39 is 0 Å². The largest absolute Gasteiger partial charge is 0.487 e. The van der Waals surface area contributed by atoms with Crippen LogP contribution in [0.3, 0.4) is 0 Å². The Morgan fingerprint density at radius 3 is 2.67 bits per heavy atom. The number of rotatable bonds is 9. The average Bonchev–Trinajstić information content (AvgIpc) is 3.44. The van der Waals surface area contributed by atoms with E-state index in [9.17, 15) is 9.59 Å². The fourth-order valence-electron chi connectivity index (χ4n) is 4.35. The minimum absolute atomic E-state index is 0.152. The van der Waals surface area contributed by atoms with Crippen molar-refractivity contribution in [1.82, 2.24) is 19.9 Å². The molecule has 0 unspecified atom stereocenters. The number of hydrogen-bond donors (Lipinski definition) is 2. The van der Waals surface area contributed by atoms with Crippen LogP contribution in [0.15, 0.2) is 85.2 Å². The molecule has 0 radical (unpaired) electrons. The van der Waals surface area contributed by atoms with E-state index in [1.807, 2.05) is 66.2 Å². The number of para-hydroxylation sites is 1. The van der Waals surface area contributed by atoms with Crippen molar-refractivity contribution in [3.05, 3.63) is 118 Å². The number of amides is 2. The first-order chi connectivity index (χ1) is 20.3. The molecule has 0 saturated heterocycles. The van der Waals surface area contributed by atoms with Crippen molar-refractivity contribution >= 4 is 57.8 Å². The molecule has 2 amide bonds. The molecule has 2 N–H and O–H groups in total. The van der Waals surface area contributed by atoms with Gasteiger partial charge in [0.2, 0.25) is 11.8 Å². The van der Waals surface area contributed by atoms with Crippen LogP contribution in [0, 0.1) is 6.92 Å². The number of hydrogen-bond acceptors (Lipinski definition) is 5. The quantitative estimate of drug-likeness (QED) is 0.179. The summed E-state index contributed by atoms with van der Waals surface area (Å²) in [5, 5.41) is 7.41. The van der Waals surface area contributed by atoms with E-state index in [2.05, 4.69) is 20.6 Å². The highest BCUT2D eigenvalue weighted by atomic mass is 35.5. The van der Waals surface area contributed by atoms with Crippen LogP contribution >= 0.6 is 23.2 Å². The summed E-state index contributed by atoms with van der Waals surface area (Å²) in [5.41, 5.74) is 4.57. The molecule has 0 spiro atoms. The number of carbonyl (C=O) groups excluding carboxylic acids is 2. The number of fused-ring (bicyclic) bond motifs is 1. The molecule has 0 atom stereocenters. The molecule has 5 rings (SSSR count). The van der Waals surface area contributed by atoms with Crippen LogP contribution < -0.4 is 15.4 Å². The first kappa shape index (κ1) is 28.9. The fourth-order valence-corrected chi connectivity index (χ4v) is 4.92. The van der Waals surface area contributed by atoms with Gasteiger partial charge >= 0.3 is 0 Å². The van der Waals surface area contributed by atoms with Gasteiger partial charge in [0.25, 0.3) is 0 Å². The summed E-state index contributed by atoms with van der Waals surface area (Å²) < 4.78 is 8.06. The number of aromatic nitrogens is 3. The van der Waals surface area contributed by atoms with E-state index in [1.165, 1.54) is 13.0 Å². The summed E-state index contributed by atoms with van der Waals surface area (Å²) in [6, 6.07) is 20.6. The Morgan fingerprint density at radius 1 is 1.02 bits per heavy atom. The van der Waals surface area contributed by atoms with Crippen LogP contribution in [0.1, 0.15) is 29.4 Å². The summed E-state index contributed by atoms with van der Waals surface area (Å²) in [5.74, 6) is 0.614. The Morgan fingerprint density at radius 2 is 1.88 bits per heavy atom. The van der Waals surface area contributed by atoms with E-state index in [0.29, 0.717) is 32.9 Å². The van der Waals surface area contributed by atoms with Crippen LogP contribution in [0.25, 0.3) is 22.7 Å². The molecule has 5 aromatic rings. The van der Waals surface area contributed by atoms with Gasteiger partial charge in [-0.3, -0.25) is 9.59 Å². The Labute approximate surface area is 253 Å². The monoisotopic (exact) mass is 599 g/mol. The molecule has 0 fully saturated rings. The smallest absolute Gasteiger partial charge is 0.244 e. The molecule has 0 saturated carbocycles. The third-order valence-electron chi connectivity index (χ3n) is 6.41. The van der Waals surface area contributed by atoms with Crippen molar-refractivity contribution in [2.45, 2.75) is 27.0 Å². The topological polar surface area (TPSA) is 98.1 Å². The van der Waals surface area contributed by atoms with Crippen LogP contribution in [-0.4, -0.2) is 26.3 Å². The maximum absolute atomic E-state index is 12.5. The second kappa shape index (κ2) is 12.9. The molecule has 0 bridgehead atoms. The zero-order valence-electron chi connectivity index (χ0n) is 22.9. The molecule has 42 heavy (non-hydrogen) atoms. The van der Waals surface area contributed by atoms with Gasteiger partial charge in [0.15, 0.2) is 0 Å². The summed E-state index contributed by atoms with van der Waals surface area (Å²) >= 11 is 13.4. The number of pyridine rings is 2. The lowest BCUT2D eigenvalue weighted by atomic mass is 10.1. The van der Waals surface area contributed by atoms with Crippen molar-refractivity contribution in [2.75, 3.05) is 5.32 Å². The second-order valence-corrected chi connectivity index (χ2v) is 10.3. The highest BCUT2D eigenvalue weighted by molar-refractivity contribution is 6.37. The van der Waals surface area contributed by atoms with Gasteiger partial charge in [-0.25, -0.2) is 9.97 Å². The Bertz CT molecular complexity index is 1800. The molecule has 2 aromatic carbocycles. The molecule has 8 nitrogen and oxygen atoms in total. The summed E-state index contributed by atoms with van der Waals surface area (Å²) in [6.45, 7) is 3.77. The third kappa shape index (κ3) is 6.79. The molecule has 0 aliphatic carbocycles. The lowest BCUT2D eigenvalue weighted by molar-refractivity contribution is -0.116. The maximum Gasteiger partial charge on any atom is 0.244 e. The SMILES string of the molecule is CC(=O)Nc1ccc(C=CC(=O)NCc2cccn2-c2ccc(Cl)c(COc3cccc4ccc(C)nc34)c2Cl)cn1. The number of nitrogens with zero attached hydrogens (tertiary/aromatic N) is 3. The summed E-state index contributed by atoms with van der Waals surface area (Å²) in [4.78, 5) is 32.4. The number of carbonyl (C=O) groups is 2. The van der Waals surface area contributed by atoms with Crippen LogP contribution in [0.2, 0.25) is 10.0 Å². The molecule has 3 aromatic heterocycles. The lowest BCUT2D eigenvalue weighted by Crippen LogP contribution is -2.21. The van der Waals surface area contributed by atoms with Crippen molar-refractivity contribution in [3.63, 3.8) is 0 Å². The van der Waals surface area contributed by atoms with Crippen molar-refractivity contribution < 1.29 is 14.3 Å². The second-order valence-electron chi connectivity index (χ2n) is 9.51. The van der Waals surface area contributed by atoms with E-state index in [4.69, 9.17) is 27.9 Å². The molecule has 3 heterocycles. The first-order valence-electron chi connectivity index (χ1n) is 13.1. The highest BCUT2D eigenvalue weighted by Crippen LogP contribution is 2.33. The van der Waals surface area contributed by atoms with Gasteiger partial charge in [0.05, 0.1) is 17.3 Å². The van der Waals surface area contributed by atoms with E-state index in [-0.39, 0.29) is 25.0 Å². The average molecular weight is 601 g/mol. The van der Waals surface area contributed by atoms with Crippen molar-refractivity contribution in [2.24, 2.45) is 0 Å². The first-order valence-corrected chi connectivity index (χ1v) is 13.9. The minimum Gasteiger partial charge on any atom is -0.487 e. The van der Waals surface area contributed by atoms with E-state index in [0.717, 1.165) is 27.9 Å². The van der Waals surface area contributed by atoms with Gasteiger partial charge in [0, 0.05) is 52.8 Å². The lowest BCUT2D eigenvalue weighted by Gasteiger charge is -2.16. The molecule has 10 heteroatoms. The number of nitrogens with one attached hydrogen (secondary N) is 2. The molecular weight excluding hydrogens is 573 g/mol. The van der Waals surface area contributed by atoms with Gasteiger partial charge in [-0.15, -0.1) is 0 Å². The van der Waals surface area contributed by atoms with E-state index >= 15 is 0 Å². The Kier molecular flexibility index (Phi) is 8.85. The van der Waals surface area contributed by atoms with Gasteiger partial charge in [-0.1, -0.05) is 41.4 Å². The van der Waals surface area contributed by atoms with Crippen molar-refractivity contribution in [3.8, 4) is 11.4 Å². The molecule has 212 valence electrons. The number of benzene rings is 2. The van der Waals surface area contributed by atoms with Gasteiger partial charge < -0.3 is 19.9 Å². The van der Waals surface area contributed by atoms with Gasteiger partial charge in [-0.2, -0.15) is 0 Å². The van der Waals surface area contributed by atoms with Crippen molar-refractivity contribution in [1.29, 1.82) is 0 Å². The predicted octanol–water partition coefficient (Wildman–Crippen LogP) is 6.90. The highest BCUT2D eigenvalue weighted by Gasteiger charge is 2.16. The zero-order valence-corrected chi connectivity index (χ0v) is 24.4. The fraction of sp³-hybridized carbons (Fsp3) is 0.125. The van der Waals surface area contributed by atoms with Crippen LogP contribution in [0.4, 0.5) is 5.82 Å². The van der Waals surface area contributed by atoms with Crippen LogP contribution in [-0.2, 0) is 22.7 Å². The number of ether oxygens (including phenoxy) is 1. The number of halogens is 2. The molecular formula is C32H27Cl2N5O3. The number of aryl methyl sites for hydroxylation is 1. The zero-order chi connectivity index (χ0) is 29.6. The molecule has 0 aliphatic rings. The van der Waals surface area contributed by atoms with Gasteiger partial charge in [0.1, 0.15) is 23.7 Å². The summed E-state index contributed by atoms with van der Waals surface area (Å²) in [6.07, 6.45) is 6.52. The third-order valence-corrected chi connectivity index (χ3v) is 7.19. The minimum atomic E-state index is -0.274. The standard InChI is InChI=1S/C32H27Cl2N5O3/c1-20-8-11-23-5-3-7-28(32(23)37-20)42-19-25-26(33)12-13-27(31(25)34)39-16-4-6-24(39)18-36-30(41)15-10-22-9-14-29(35-17-22)38-21(2)40/h3-17H,18-19H2,1-2H3,(H,36,41)(H,35,38,40). The number of anilines is 1. The summed E-state index contributed by atoms with van der Waals surface area (Å²) in [7, 11) is 0. The Balaban J connectivity index is 1.27. The van der Waals surface area contributed by atoms with Gasteiger partial charge in [-0.05, 0) is 67.1 Å². The Hall–Kier alpha value is -4.66. The maximum atomic E-state index is 12.5. The normalized spacial score (nSPS) is 11.1.